The summed E-state index contributed by atoms with van der Waals surface area (Å²) >= 11 is 9.76. The minimum absolute atomic E-state index is 0.325. The number of hydrogen-bond donors (Lipinski definition) is 1. The van der Waals surface area contributed by atoms with E-state index < -0.39 is 0 Å². The molecule has 0 aliphatic rings. The average Bonchev–Trinajstić information content (AvgIpc) is 3.16. The van der Waals surface area contributed by atoms with E-state index in [9.17, 15) is 4.79 Å². The number of methoxy groups -OCH3 is 1. The molecule has 1 N–H and O–H groups in total. The molecule has 0 fully saturated rings. The maximum absolute atomic E-state index is 12.4. The Bertz CT molecular complexity index is 1250. The van der Waals surface area contributed by atoms with Crippen LogP contribution in [0.1, 0.15) is 5.56 Å². The zero-order chi connectivity index (χ0) is 21.1. The van der Waals surface area contributed by atoms with Crippen molar-refractivity contribution in [3.8, 4) is 11.4 Å². The van der Waals surface area contributed by atoms with Gasteiger partial charge in [0.1, 0.15) is 16.8 Å². The third-order valence-electron chi connectivity index (χ3n) is 4.32. The molecule has 0 radical (unpaired) electrons. The molecule has 0 spiro atoms. The highest BCUT2D eigenvalue weighted by atomic mass is 79.9. The summed E-state index contributed by atoms with van der Waals surface area (Å²) in [5.41, 5.74) is 3.32. The molecule has 0 saturated heterocycles. The maximum Gasteiger partial charge on any atom is 0.248 e. The van der Waals surface area contributed by atoms with Crippen molar-refractivity contribution in [1.82, 2.24) is 15.0 Å². The molecule has 8 heteroatoms. The van der Waals surface area contributed by atoms with E-state index >= 15 is 0 Å². The lowest BCUT2D eigenvalue weighted by Crippen LogP contribution is -2.08. The van der Waals surface area contributed by atoms with Gasteiger partial charge in [-0.25, -0.2) is 0 Å². The molecule has 30 heavy (non-hydrogen) atoms. The predicted octanol–water partition coefficient (Wildman–Crippen LogP) is 5.50. The third-order valence-corrected chi connectivity index (χ3v) is 5.13. The van der Waals surface area contributed by atoms with Crippen LogP contribution < -0.4 is 10.1 Å². The smallest absolute Gasteiger partial charge is 0.248 e. The zero-order valence-corrected chi connectivity index (χ0v) is 18.2. The SMILES string of the molecule is COc1ccc(Br)cc1/C=C/C(=O)Nc1cc2nn(-c3ccccc3)nc2cc1Cl. The molecule has 1 heterocycles. The fourth-order valence-corrected chi connectivity index (χ4v) is 3.47. The number of nitrogens with one attached hydrogen (secondary N) is 1. The van der Waals surface area contributed by atoms with E-state index in [2.05, 4.69) is 31.4 Å². The van der Waals surface area contributed by atoms with Crippen molar-refractivity contribution >= 4 is 56.2 Å². The highest BCUT2D eigenvalue weighted by Gasteiger charge is 2.11. The number of nitrogens with zero attached hydrogens (tertiary/aromatic N) is 3. The van der Waals surface area contributed by atoms with E-state index in [0.29, 0.717) is 27.5 Å². The first kappa shape index (κ1) is 20.1. The summed E-state index contributed by atoms with van der Waals surface area (Å²) in [6, 6.07) is 18.5. The van der Waals surface area contributed by atoms with E-state index in [-0.39, 0.29) is 5.91 Å². The number of ether oxygens (including phenoxy) is 1. The Balaban J connectivity index is 1.57. The van der Waals surface area contributed by atoms with Crippen LogP contribution in [0.2, 0.25) is 5.02 Å². The molecular weight excluding hydrogens is 468 g/mol. The van der Waals surface area contributed by atoms with Gasteiger partial charge in [0, 0.05) is 16.1 Å². The second-order valence-corrected chi connectivity index (χ2v) is 7.68. The van der Waals surface area contributed by atoms with Crippen LogP contribution in [0.5, 0.6) is 5.75 Å². The Hall–Kier alpha value is -3.16. The number of carbonyl (C=O) groups excluding carboxylic acids is 1. The number of hydrogen-bond acceptors (Lipinski definition) is 4. The Morgan fingerprint density at radius 3 is 2.57 bits per heavy atom. The standard InChI is InChI=1S/C22H16BrClN4O2/c1-30-21-9-8-15(23)11-14(21)7-10-22(29)25-18-13-20-19(12-17(18)24)26-28(27-20)16-5-3-2-4-6-16/h2-13H,1H3,(H,25,29)/b10-7+. The van der Waals surface area contributed by atoms with Crippen LogP contribution in [0.3, 0.4) is 0 Å². The quantitative estimate of drug-likeness (QED) is 0.381. The van der Waals surface area contributed by atoms with Gasteiger partial charge >= 0.3 is 0 Å². The number of carbonyl (C=O) groups is 1. The van der Waals surface area contributed by atoms with Crippen molar-refractivity contribution in [3.63, 3.8) is 0 Å². The van der Waals surface area contributed by atoms with Crippen molar-refractivity contribution in [1.29, 1.82) is 0 Å². The maximum atomic E-state index is 12.4. The van der Waals surface area contributed by atoms with Crippen LogP contribution >= 0.6 is 27.5 Å². The Kier molecular flexibility index (Phi) is 5.83. The monoisotopic (exact) mass is 482 g/mol. The van der Waals surface area contributed by atoms with Crippen LogP contribution in [0.15, 0.2) is 71.2 Å². The van der Waals surface area contributed by atoms with Crippen molar-refractivity contribution in [2.45, 2.75) is 0 Å². The molecule has 150 valence electrons. The molecule has 1 aromatic heterocycles. The van der Waals surface area contributed by atoms with Gasteiger partial charge in [0.05, 0.1) is 23.5 Å². The van der Waals surface area contributed by atoms with E-state index in [0.717, 1.165) is 15.7 Å². The van der Waals surface area contributed by atoms with E-state index in [4.69, 9.17) is 16.3 Å². The molecule has 6 nitrogen and oxygen atoms in total. The molecule has 0 aliphatic carbocycles. The van der Waals surface area contributed by atoms with Crippen molar-refractivity contribution in [2.75, 3.05) is 12.4 Å². The first-order chi connectivity index (χ1) is 14.5. The van der Waals surface area contributed by atoms with Crippen LogP contribution in [-0.4, -0.2) is 28.0 Å². The van der Waals surface area contributed by atoms with E-state index in [1.807, 2.05) is 48.5 Å². The van der Waals surface area contributed by atoms with Gasteiger partial charge in [-0.05, 0) is 48.5 Å². The lowest BCUT2D eigenvalue weighted by Gasteiger charge is -2.06. The van der Waals surface area contributed by atoms with Crippen molar-refractivity contribution < 1.29 is 9.53 Å². The van der Waals surface area contributed by atoms with Gasteiger partial charge in [-0.3, -0.25) is 4.79 Å². The zero-order valence-electron chi connectivity index (χ0n) is 15.8. The molecule has 0 aliphatic heterocycles. The number of fused-ring (bicyclic) bond motifs is 1. The molecule has 4 rings (SSSR count). The minimum atomic E-state index is -0.325. The van der Waals surface area contributed by atoms with Gasteiger partial charge in [0.25, 0.3) is 0 Å². The summed E-state index contributed by atoms with van der Waals surface area (Å²) in [5.74, 6) is 0.341. The lowest BCUT2D eigenvalue weighted by molar-refractivity contribution is -0.111. The second kappa shape index (κ2) is 8.69. The molecule has 0 atom stereocenters. The van der Waals surface area contributed by atoms with Crippen LogP contribution in [0.4, 0.5) is 5.69 Å². The number of aromatic nitrogens is 3. The number of anilines is 1. The minimum Gasteiger partial charge on any atom is -0.496 e. The number of para-hydroxylation sites is 1. The fourth-order valence-electron chi connectivity index (χ4n) is 2.89. The summed E-state index contributed by atoms with van der Waals surface area (Å²) in [4.78, 5) is 14.0. The Labute approximate surface area is 186 Å². The summed E-state index contributed by atoms with van der Waals surface area (Å²) in [6.07, 6.45) is 3.10. The predicted molar refractivity (Wildman–Crippen MR) is 122 cm³/mol. The number of halogens is 2. The van der Waals surface area contributed by atoms with Gasteiger partial charge in [-0.2, -0.15) is 4.80 Å². The van der Waals surface area contributed by atoms with Crippen LogP contribution in [0.25, 0.3) is 22.8 Å². The number of rotatable bonds is 5. The summed E-state index contributed by atoms with van der Waals surface area (Å²) in [5, 5.41) is 12.1. The molecule has 0 unspecified atom stereocenters. The van der Waals surface area contributed by atoms with E-state index in [1.165, 1.54) is 10.9 Å². The topological polar surface area (TPSA) is 69.0 Å². The van der Waals surface area contributed by atoms with Crippen LogP contribution in [0, 0.1) is 0 Å². The number of benzene rings is 3. The third kappa shape index (κ3) is 4.37. The van der Waals surface area contributed by atoms with Gasteiger partial charge in [-0.15, -0.1) is 10.2 Å². The normalized spacial score (nSPS) is 11.2. The van der Waals surface area contributed by atoms with Gasteiger partial charge < -0.3 is 10.1 Å². The second-order valence-electron chi connectivity index (χ2n) is 6.35. The Morgan fingerprint density at radius 2 is 1.83 bits per heavy atom. The molecule has 4 aromatic rings. The van der Waals surface area contributed by atoms with Crippen LogP contribution in [-0.2, 0) is 4.79 Å². The molecule has 3 aromatic carbocycles. The highest BCUT2D eigenvalue weighted by molar-refractivity contribution is 9.10. The summed E-state index contributed by atoms with van der Waals surface area (Å²) in [7, 11) is 1.58. The molecule has 1 amide bonds. The van der Waals surface area contributed by atoms with E-state index in [1.54, 1.807) is 25.3 Å². The van der Waals surface area contributed by atoms with Gasteiger partial charge in [0.2, 0.25) is 5.91 Å². The molecular formula is C22H16BrClN4O2. The Morgan fingerprint density at radius 1 is 1.10 bits per heavy atom. The largest absolute Gasteiger partial charge is 0.496 e. The summed E-state index contributed by atoms with van der Waals surface area (Å²) in [6.45, 7) is 0. The van der Waals surface area contributed by atoms with Crippen molar-refractivity contribution in [3.05, 3.63) is 81.8 Å². The molecule has 0 bridgehead atoms. The van der Waals surface area contributed by atoms with Gasteiger partial charge in [-0.1, -0.05) is 45.7 Å². The number of amides is 1. The average molecular weight is 484 g/mol. The first-order valence-corrected chi connectivity index (χ1v) is 10.2. The van der Waals surface area contributed by atoms with Gasteiger partial charge in [0.15, 0.2) is 0 Å². The fraction of sp³-hybridized carbons (Fsp3) is 0.0455. The first-order valence-electron chi connectivity index (χ1n) is 8.98. The lowest BCUT2D eigenvalue weighted by atomic mass is 10.2. The highest BCUT2D eigenvalue weighted by Crippen LogP contribution is 2.28. The summed E-state index contributed by atoms with van der Waals surface area (Å²) < 4.78 is 6.20. The van der Waals surface area contributed by atoms with Crippen molar-refractivity contribution in [2.24, 2.45) is 0 Å². The molecule has 0 saturated carbocycles.